The predicted molar refractivity (Wildman–Crippen MR) is 130 cm³/mol. The maximum Gasteiger partial charge on any atom is 0.338 e. The third-order valence-electron chi connectivity index (χ3n) is 5.20. The van der Waals surface area contributed by atoms with Gasteiger partial charge in [-0.1, -0.05) is 6.07 Å². The summed E-state index contributed by atoms with van der Waals surface area (Å²) in [6, 6.07) is 15.3. The van der Waals surface area contributed by atoms with E-state index in [1.165, 1.54) is 0 Å². The SMILES string of the molecule is COc1ccc(CN/N=C/c2cc(C)n(-c3ccc(C(=O)OC(C)C)cc3)c2C)cc1OC. The monoisotopic (exact) mass is 449 g/mol. The van der Waals surface area contributed by atoms with E-state index in [4.69, 9.17) is 14.2 Å². The number of aromatic nitrogens is 1. The average Bonchev–Trinajstić information content (AvgIpc) is 3.09. The molecule has 0 aliphatic heterocycles. The van der Waals surface area contributed by atoms with E-state index in [0.717, 1.165) is 28.2 Å². The molecule has 0 bridgehead atoms. The topological polar surface area (TPSA) is 74.1 Å². The van der Waals surface area contributed by atoms with Gasteiger partial charge in [0.15, 0.2) is 11.5 Å². The number of hydrazone groups is 1. The summed E-state index contributed by atoms with van der Waals surface area (Å²) < 4.78 is 18.0. The second-order valence-corrected chi connectivity index (χ2v) is 7.95. The molecule has 0 aliphatic carbocycles. The van der Waals surface area contributed by atoms with E-state index in [2.05, 4.69) is 21.2 Å². The Hall–Kier alpha value is -3.74. The van der Waals surface area contributed by atoms with Crippen LogP contribution in [0.1, 0.15) is 46.7 Å². The summed E-state index contributed by atoms with van der Waals surface area (Å²) in [6.45, 7) is 8.32. The van der Waals surface area contributed by atoms with Gasteiger partial charge in [-0.05, 0) is 75.7 Å². The number of hydrogen-bond donors (Lipinski definition) is 1. The first-order chi connectivity index (χ1) is 15.8. The second-order valence-electron chi connectivity index (χ2n) is 7.95. The van der Waals surface area contributed by atoms with Gasteiger partial charge in [-0.25, -0.2) is 4.79 Å². The maximum atomic E-state index is 12.1. The van der Waals surface area contributed by atoms with Crippen LogP contribution in [0.25, 0.3) is 5.69 Å². The van der Waals surface area contributed by atoms with Crippen LogP contribution in [-0.2, 0) is 11.3 Å². The molecule has 0 fully saturated rings. The van der Waals surface area contributed by atoms with Gasteiger partial charge >= 0.3 is 5.97 Å². The number of carbonyl (C=O) groups excluding carboxylic acids is 1. The van der Waals surface area contributed by atoms with Crippen LogP contribution in [0.5, 0.6) is 11.5 Å². The lowest BCUT2D eigenvalue weighted by Gasteiger charge is -2.11. The summed E-state index contributed by atoms with van der Waals surface area (Å²) in [5.41, 5.74) is 8.77. The van der Waals surface area contributed by atoms with Crippen molar-refractivity contribution in [1.82, 2.24) is 9.99 Å². The molecule has 174 valence electrons. The van der Waals surface area contributed by atoms with E-state index >= 15 is 0 Å². The molecule has 0 atom stereocenters. The summed E-state index contributed by atoms with van der Waals surface area (Å²) >= 11 is 0. The lowest BCUT2D eigenvalue weighted by atomic mass is 10.2. The highest BCUT2D eigenvalue weighted by atomic mass is 16.5. The molecule has 7 heteroatoms. The van der Waals surface area contributed by atoms with Crippen molar-refractivity contribution >= 4 is 12.2 Å². The number of nitrogens with zero attached hydrogens (tertiary/aromatic N) is 2. The minimum atomic E-state index is -0.314. The molecule has 0 amide bonds. The number of benzene rings is 2. The van der Waals surface area contributed by atoms with Crippen molar-refractivity contribution in [3.63, 3.8) is 0 Å². The van der Waals surface area contributed by atoms with Gasteiger partial charge in [-0.15, -0.1) is 0 Å². The lowest BCUT2D eigenvalue weighted by Crippen LogP contribution is -2.11. The highest BCUT2D eigenvalue weighted by Gasteiger charge is 2.12. The van der Waals surface area contributed by atoms with Crippen molar-refractivity contribution < 1.29 is 19.0 Å². The fraction of sp³-hybridized carbons (Fsp3) is 0.308. The van der Waals surface area contributed by atoms with Crippen LogP contribution < -0.4 is 14.9 Å². The average molecular weight is 450 g/mol. The van der Waals surface area contributed by atoms with Gasteiger partial charge in [0.2, 0.25) is 0 Å². The third-order valence-corrected chi connectivity index (χ3v) is 5.20. The van der Waals surface area contributed by atoms with Crippen LogP contribution in [0.3, 0.4) is 0 Å². The van der Waals surface area contributed by atoms with Gasteiger partial charge in [-0.2, -0.15) is 5.10 Å². The first-order valence-electron chi connectivity index (χ1n) is 10.8. The maximum absolute atomic E-state index is 12.1. The number of aryl methyl sites for hydroxylation is 1. The molecule has 7 nitrogen and oxygen atoms in total. The van der Waals surface area contributed by atoms with E-state index < -0.39 is 0 Å². The molecule has 0 spiro atoms. The van der Waals surface area contributed by atoms with E-state index in [1.807, 2.05) is 64.2 Å². The lowest BCUT2D eigenvalue weighted by molar-refractivity contribution is 0.0378. The minimum Gasteiger partial charge on any atom is -0.493 e. The van der Waals surface area contributed by atoms with Crippen molar-refractivity contribution in [3.05, 3.63) is 76.6 Å². The molecular formula is C26H31N3O4. The van der Waals surface area contributed by atoms with Gasteiger partial charge in [0.05, 0.1) is 38.6 Å². The Morgan fingerprint density at radius 2 is 1.73 bits per heavy atom. The molecule has 2 aromatic carbocycles. The molecule has 3 aromatic rings. The number of carbonyl (C=O) groups is 1. The number of methoxy groups -OCH3 is 2. The molecule has 0 saturated heterocycles. The normalized spacial score (nSPS) is 11.1. The molecule has 0 aliphatic rings. The summed E-state index contributed by atoms with van der Waals surface area (Å²) in [4.78, 5) is 12.1. The van der Waals surface area contributed by atoms with Crippen LogP contribution >= 0.6 is 0 Å². The summed E-state index contributed by atoms with van der Waals surface area (Å²) in [5, 5.41) is 4.39. The van der Waals surface area contributed by atoms with Crippen molar-refractivity contribution in [2.24, 2.45) is 5.10 Å². The standard InChI is InChI=1S/C26H31N3O4/c1-17(2)33-26(30)21-8-10-23(11-9-21)29-18(3)13-22(19(29)4)16-28-27-15-20-7-12-24(31-5)25(14-20)32-6/h7-14,16-17,27H,15H2,1-6H3/b28-16+. The van der Waals surface area contributed by atoms with Crippen LogP contribution in [0.15, 0.2) is 53.6 Å². The molecule has 33 heavy (non-hydrogen) atoms. The van der Waals surface area contributed by atoms with E-state index in [0.29, 0.717) is 23.6 Å². The number of esters is 1. The second kappa shape index (κ2) is 10.7. The fourth-order valence-electron chi connectivity index (χ4n) is 3.59. The van der Waals surface area contributed by atoms with Crippen LogP contribution in [-0.4, -0.2) is 37.1 Å². The molecule has 0 radical (unpaired) electrons. The van der Waals surface area contributed by atoms with Gasteiger partial charge in [-0.3, -0.25) is 0 Å². The Morgan fingerprint density at radius 3 is 2.36 bits per heavy atom. The van der Waals surface area contributed by atoms with Gasteiger partial charge in [0.1, 0.15) is 0 Å². The van der Waals surface area contributed by atoms with E-state index in [1.54, 1.807) is 26.4 Å². The number of nitrogens with one attached hydrogen (secondary N) is 1. The van der Waals surface area contributed by atoms with Crippen molar-refractivity contribution in [2.75, 3.05) is 14.2 Å². The van der Waals surface area contributed by atoms with Gasteiger partial charge in [0, 0.05) is 22.6 Å². The third kappa shape index (κ3) is 5.74. The first-order valence-corrected chi connectivity index (χ1v) is 10.8. The van der Waals surface area contributed by atoms with Crippen LogP contribution in [0.4, 0.5) is 0 Å². The number of hydrogen-bond acceptors (Lipinski definition) is 6. The molecule has 0 unspecified atom stereocenters. The quantitative estimate of drug-likeness (QED) is 0.289. The Morgan fingerprint density at radius 1 is 1.03 bits per heavy atom. The zero-order valence-corrected chi connectivity index (χ0v) is 20.0. The summed E-state index contributed by atoms with van der Waals surface area (Å²) in [7, 11) is 3.24. The Balaban J connectivity index is 1.69. The molecule has 1 aromatic heterocycles. The Bertz CT molecular complexity index is 1130. The summed E-state index contributed by atoms with van der Waals surface area (Å²) in [6.07, 6.45) is 1.67. The number of rotatable bonds is 9. The van der Waals surface area contributed by atoms with E-state index in [-0.39, 0.29) is 12.1 Å². The zero-order valence-electron chi connectivity index (χ0n) is 20.0. The highest BCUT2D eigenvalue weighted by Crippen LogP contribution is 2.27. The van der Waals surface area contributed by atoms with Gasteiger partial charge in [0.25, 0.3) is 0 Å². The highest BCUT2D eigenvalue weighted by molar-refractivity contribution is 5.89. The van der Waals surface area contributed by atoms with Gasteiger partial charge < -0.3 is 24.2 Å². The fourth-order valence-corrected chi connectivity index (χ4v) is 3.59. The Kier molecular flexibility index (Phi) is 7.77. The molecule has 1 heterocycles. The zero-order chi connectivity index (χ0) is 24.0. The van der Waals surface area contributed by atoms with Crippen molar-refractivity contribution in [1.29, 1.82) is 0 Å². The Labute approximate surface area is 195 Å². The van der Waals surface area contributed by atoms with Crippen LogP contribution in [0, 0.1) is 13.8 Å². The van der Waals surface area contributed by atoms with Crippen molar-refractivity contribution in [3.8, 4) is 17.2 Å². The molecule has 0 saturated carbocycles. The smallest absolute Gasteiger partial charge is 0.338 e. The minimum absolute atomic E-state index is 0.145. The number of ether oxygens (including phenoxy) is 3. The molecular weight excluding hydrogens is 418 g/mol. The van der Waals surface area contributed by atoms with Crippen LogP contribution in [0.2, 0.25) is 0 Å². The molecule has 3 rings (SSSR count). The summed E-state index contributed by atoms with van der Waals surface area (Å²) in [5.74, 6) is 1.07. The first kappa shape index (κ1) is 23.9. The molecule has 1 N–H and O–H groups in total. The predicted octanol–water partition coefficient (Wildman–Crippen LogP) is 4.80. The van der Waals surface area contributed by atoms with Crippen molar-refractivity contribution in [2.45, 2.75) is 40.3 Å². The largest absolute Gasteiger partial charge is 0.493 e. The van der Waals surface area contributed by atoms with E-state index in [9.17, 15) is 4.79 Å².